The molecule has 4 aromatic rings. The number of methoxy groups -OCH3 is 1. The van der Waals surface area contributed by atoms with Crippen LogP contribution in [0.5, 0.6) is 5.75 Å². The second kappa shape index (κ2) is 11.0. The predicted octanol–water partition coefficient (Wildman–Crippen LogP) is 4.98. The highest BCUT2D eigenvalue weighted by Gasteiger charge is 2.26. The normalized spacial score (nSPS) is 16.9. The molecule has 1 saturated carbocycles. The minimum atomic E-state index is -0.760. The van der Waals surface area contributed by atoms with E-state index < -0.39 is 11.7 Å². The molecular formula is C30H27FN6O2. The van der Waals surface area contributed by atoms with Gasteiger partial charge < -0.3 is 16.2 Å². The SMILES string of the molecule is COc1cccc(F)c1-c1ncc(-c2ccc(-c3cnccc3C#N)cc2C2CCC(N)CC2)c(C(N)=O)n1. The van der Waals surface area contributed by atoms with E-state index in [2.05, 4.69) is 21.0 Å². The summed E-state index contributed by atoms with van der Waals surface area (Å²) in [7, 11) is 1.42. The Morgan fingerprint density at radius 3 is 2.59 bits per heavy atom. The Morgan fingerprint density at radius 1 is 1.08 bits per heavy atom. The van der Waals surface area contributed by atoms with Crippen molar-refractivity contribution in [1.82, 2.24) is 15.0 Å². The molecule has 0 bridgehead atoms. The van der Waals surface area contributed by atoms with Crippen LogP contribution in [-0.4, -0.2) is 34.0 Å². The number of nitriles is 1. The first-order valence-corrected chi connectivity index (χ1v) is 12.6. The first-order chi connectivity index (χ1) is 18.9. The number of pyridine rings is 1. The van der Waals surface area contributed by atoms with Crippen molar-refractivity contribution in [2.45, 2.75) is 37.6 Å². The van der Waals surface area contributed by atoms with E-state index in [1.807, 2.05) is 18.2 Å². The lowest BCUT2D eigenvalue weighted by Crippen LogP contribution is -2.26. The third-order valence-electron chi connectivity index (χ3n) is 7.25. The number of primary amides is 1. The second-order valence-electron chi connectivity index (χ2n) is 9.58. The van der Waals surface area contributed by atoms with Crippen LogP contribution in [0.3, 0.4) is 0 Å². The number of rotatable bonds is 6. The number of ether oxygens (including phenoxy) is 1. The predicted molar refractivity (Wildman–Crippen MR) is 145 cm³/mol. The average molecular weight is 523 g/mol. The Hall–Kier alpha value is -4.68. The van der Waals surface area contributed by atoms with Crippen LogP contribution in [0.2, 0.25) is 0 Å². The molecule has 1 aliphatic rings. The monoisotopic (exact) mass is 522 g/mol. The van der Waals surface area contributed by atoms with Crippen LogP contribution in [-0.2, 0) is 0 Å². The quantitative estimate of drug-likeness (QED) is 0.364. The van der Waals surface area contributed by atoms with E-state index >= 15 is 0 Å². The summed E-state index contributed by atoms with van der Waals surface area (Å²) >= 11 is 0. The summed E-state index contributed by atoms with van der Waals surface area (Å²) in [5.74, 6) is -0.937. The van der Waals surface area contributed by atoms with Crippen LogP contribution in [0.15, 0.2) is 61.1 Å². The van der Waals surface area contributed by atoms with E-state index in [1.54, 1.807) is 24.5 Å². The van der Waals surface area contributed by atoms with Crippen molar-refractivity contribution >= 4 is 5.91 Å². The fourth-order valence-electron chi connectivity index (χ4n) is 5.24. The minimum absolute atomic E-state index is 0.00154. The molecule has 39 heavy (non-hydrogen) atoms. The molecule has 2 heterocycles. The number of halogens is 1. The van der Waals surface area contributed by atoms with Crippen molar-refractivity contribution < 1.29 is 13.9 Å². The topological polar surface area (TPSA) is 141 Å². The molecular weight excluding hydrogens is 495 g/mol. The Bertz CT molecular complexity index is 1590. The average Bonchev–Trinajstić information content (AvgIpc) is 2.96. The fraction of sp³-hybridized carbons (Fsp3) is 0.233. The summed E-state index contributed by atoms with van der Waals surface area (Å²) in [6.45, 7) is 0. The maximum atomic E-state index is 14.8. The summed E-state index contributed by atoms with van der Waals surface area (Å²) in [5, 5.41) is 9.64. The smallest absolute Gasteiger partial charge is 0.268 e. The zero-order valence-electron chi connectivity index (χ0n) is 21.4. The number of nitrogens with two attached hydrogens (primary N) is 2. The number of amides is 1. The van der Waals surface area contributed by atoms with Gasteiger partial charge in [-0.3, -0.25) is 9.78 Å². The number of hydrogen-bond donors (Lipinski definition) is 2. The molecule has 1 aliphatic carbocycles. The van der Waals surface area contributed by atoms with Gasteiger partial charge in [-0.15, -0.1) is 0 Å². The van der Waals surface area contributed by atoms with E-state index in [-0.39, 0.29) is 34.8 Å². The van der Waals surface area contributed by atoms with Gasteiger partial charge in [-0.25, -0.2) is 14.4 Å². The molecule has 2 aromatic carbocycles. The number of carbonyl (C=O) groups excluding carboxylic acids is 1. The fourth-order valence-corrected chi connectivity index (χ4v) is 5.24. The van der Waals surface area contributed by atoms with Gasteiger partial charge in [0.15, 0.2) is 5.82 Å². The summed E-state index contributed by atoms with van der Waals surface area (Å²) in [6, 6.07) is 14.2. The summed E-state index contributed by atoms with van der Waals surface area (Å²) in [4.78, 5) is 25.7. The van der Waals surface area contributed by atoms with Gasteiger partial charge in [-0.05, 0) is 66.5 Å². The Kier molecular flexibility index (Phi) is 7.30. The number of nitrogens with zero attached hydrogens (tertiary/aromatic N) is 4. The Balaban J connectivity index is 1.69. The maximum Gasteiger partial charge on any atom is 0.268 e. The molecule has 0 radical (unpaired) electrons. The first-order valence-electron chi connectivity index (χ1n) is 12.6. The van der Waals surface area contributed by atoms with Gasteiger partial charge in [0.25, 0.3) is 5.91 Å². The number of hydrogen-bond acceptors (Lipinski definition) is 7. The van der Waals surface area contributed by atoms with Crippen LogP contribution >= 0.6 is 0 Å². The lowest BCUT2D eigenvalue weighted by Gasteiger charge is -2.28. The van der Waals surface area contributed by atoms with Crippen LogP contribution in [0.4, 0.5) is 4.39 Å². The third-order valence-corrected chi connectivity index (χ3v) is 7.25. The van der Waals surface area contributed by atoms with Crippen molar-refractivity contribution in [3.8, 4) is 45.5 Å². The maximum absolute atomic E-state index is 14.8. The van der Waals surface area contributed by atoms with Crippen molar-refractivity contribution in [1.29, 1.82) is 5.26 Å². The molecule has 0 unspecified atom stereocenters. The van der Waals surface area contributed by atoms with Gasteiger partial charge in [-0.1, -0.05) is 24.3 Å². The van der Waals surface area contributed by atoms with E-state index in [1.165, 1.54) is 25.4 Å². The van der Waals surface area contributed by atoms with Crippen molar-refractivity contribution in [3.63, 3.8) is 0 Å². The molecule has 1 fully saturated rings. The van der Waals surface area contributed by atoms with Crippen LogP contribution in [0.25, 0.3) is 33.6 Å². The number of benzene rings is 2. The van der Waals surface area contributed by atoms with Crippen LogP contribution in [0.1, 0.15) is 53.2 Å². The minimum Gasteiger partial charge on any atom is -0.496 e. The van der Waals surface area contributed by atoms with Crippen LogP contribution in [0, 0.1) is 17.1 Å². The van der Waals surface area contributed by atoms with Gasteiger partial charge in [0.05, 0.1) is 24.3 Å². The highest BCUT2D eigenvalue weighted by molar-refractivity contribution is 5.99. The van der Waals surface area contributed by atoms with Gasteiger partial charge in [0.1, 0.15) is 17.3 Å². The molecule has 9 heteroatoms. The van der Waals surface area contributed by atoms with Gasteiger partial charge in [-0.2, -0.15) is 5.26 Å². The lowest BCUT2D eigenvalue weighted by atomic mass is 9.78. The van der Waals surface area contributed by atoms with Crippen molar-refractivity contribution in [2.75, 3.05) is 7.11 Å². The molecule has 0 atom stereocenters. The molecule has 1 amide bonds. The summed E-state index contributed by atoms with van der Waals surface area (Å²) < 4.78 is 20.1. The highest BCUT2D eigenvalue weighted by atomic mass is 19.1. The molecule has 8 nitrogen and oxygen atoms in total. The van der Waals surface area contributed by atoms with Crippen molar-refractivity contribution in [3.05, 3.63) is 83.7 Å². The Morgan fingerprint density at radius 2 is 1.87 bits per heavy atom. The van der Waals surface area contributed by atoms with Gasteiger partial charge in [0, 0.05) is 35.8 Å². The first kappa shape index (κ1) is 25.9. The second-order valence-corrected chi connectivity index (χ2v) is 9.58. The Labute approximate surface area is 225 Å². The zero-order chi connectivity index (χ0) is 27.5. The van der Waals surface area contributed by atoms with Crippen LogP contribution < -0.4 is 16.2 Å². The van der Waals surface area contributed by atoms with E-state index in [4.69, 9.17) is 16.2 Å². The zero-order valence-corrected chi connectivity index (χ0v) is 21.4. The standard InChI is InChI=1S/C30H27FN6O2/c1-39-26-4-2-3-25(31)27(26)30-36-16-24(28(37-30)29(34)38)21-10-7-18(23-15-35-12-11-19(23)14-32)13-22(21)17-5-8-20(33)9-6-17/h2-4,7,10-13,15-17,20H,5-6,8-9,33H2,1H3,(H2,34,38). The summed E-state index contributed by atoms with van der Waals surface area (Å²) in [5.41, 5.74) is 16.3. The van der Waals surface area contributed by atoms with Gasteiger partial charge >= 0.3 is 0 Å². The van der Waals surface area contributed by atoms with Crippen molar-refractivity contribution in [2.24, 2.45) is 11.5 Å². The highest BCUT2D eigenvalue weighted by Crippen LogP contribution is 2.41. The summed E-state index contributed by atoms with van der Waals surface area (Å²) in [6.07, 6.45) is 8.24. The molecule has 0 aliphatic heterocycles. The lowest BCUT2D eigenvalue weighted by molar-refractivity contribution is 0.0996. The number of carbonyl (C=O) groups is 1. The third kappa shape index (κ3) is 5.07. The molecule has 0 saturated heterocycles. The molecule has 4 N–H and O–H groups in total. The largest absolute Gasteiger partial charge is 0.496 e. The molecule has 0 spiro atoms. The molecule has 2 aromatic heterocycles. The van der Waals surface area contributed by atoms with E-state index in [9.17, 15) is 14.4 Å². The molecule has 196 valence electrons. The van der Waals surface area contributed by atoms with Gasteiger partial charge in [0.2, 0.25) is 0 Å². The molecule has 5 rings (SSSR count). The van der Waals surface area contributed by atoms with E-state index in [0.29, 0.717) is 16.7 Å². The number of aromatic nitrogens is 3. The van der Waals surface area contributed by atoms with E-state index in [0.717, 1.165) is 42.4 Å².